The van der Waals surface area contributed by atoms with E-state index in [0.29, 0.717) is 28.6 Å². The van der Waals surface area contributed by atoms with E-state index in [2.05, 4.69) is 5.32 Å². The first-order chi connectivity index (χ1) is 10.6. The van der Waals surface area contributed by atoms with Gasteiger partial charge in [-0.25, -0.2) is 0 Å². The van der Waals surface area contributed by atoms with Crippen molar-refractivity contribution in [1.82, 2.24) is 5.32 Å². The summed E-state index contributed by atoms with van der Waals surface area (Å²) in [5.41, 5.74) is 0.451. The number of methoxy groups -OCH3 is 1. The molecule has 1 N–H and O–H groups in total. The van der Waals surface area contributed by atoms with E-state index in [-0.39, 0.29) is 5.91 Å². The summed E-state index contributed by atoms with van der Waals surface area (Å²) in [5.74, 6) is 0.558. The summed E-state index contributed by atoms with van der Waals surface area (Å²) in [6, 6.07) is 14.0. The summed E-state index contributed by atoms with van der Waals surface area (Å²) < 4.78 is 17.1. The fraction of sp³-hybridized carbons (Fsp3) is 0.188. The van der Waals surface area contributed by atoms with Crippen molar-refractivity contribution in [2.75, 3.05) is 19.4 Å². The molecule has 4 nitrogen and oxygen atoms in total. The van der Waals surface area contributed by atoms with Gasteiger partial charge in [-0.1, -0.05) is 29.8 Å². The normalized spacial score (nSPS) is 11.7. The molecule has 0 fully saturated rings. The highest BCUT2D eigenvalue weighted by Gasteiger charge is 2.10. The van der Waals surface area contributed by atoms with Gasteiger partial charge in [0.1, 0.15) is 5.75 Å². The van der Waals surface area contributed by atoms with E-state index >= 15 is 0 Å². The van der Waals surface area contributed by atoms with E-state index < -0.39 is 10.8 Å². The minimum absolute atomic E-state index is 0.250. The van der Waals surface area contributed by atoms with Crippen molar-refractivity contribution in [2.24, 2.45) is 0 Å². The van der Waals surface area contributed by atoms with Gasteiger partial charge in [-0.2, -0.15) is 0 Å². The van der Waals surface area contributed by atoms with Gasteiger partial charge in [0.2, 0.25) is 0 Å². The van der Waals surface area contributed by atoms with Crippen molar-refractivity contribution in [3.63, 3.8) is 0 Å². The summed E-state index contributed by atoms with van der Waals surface area (Å²) in [6.07, 6.45) is 0. The van der Waals surface area contributed by atoms with Gasteiger partial charge >= 0.3 is 0 Å². The number of hydrogen-bond donors (Lipinski definition) is 1. The number of ether oxygens (including phenoxy) is 1. The highest BCUT2D eigenvalue weighted by molar-refractivity contribution is 7.85. The Balaban J connectivity index is 1.89. The lowest BCUT2D eigenvalue weighted by Crippen LogP contribution is -2.27. The molecule has 0 saturated heterocycles. The maximum atomic E-state index is 12.0. The molecule has 0 aliphatic heterocycles. The largest absolute Gasteiger partial charge is 0.495 e. The third kappa shape index (κ3) is 4.32. The fourth-order valence-electron chi connectivity index (χ4n) is 1.85. The predicted molar refractivity (Wildman–Crippen MR) is 88.1 cm³/mol. The SMILES string of the molecule is COc1cc(C(=O)NCC[S@](=O)c2ccccc2)ccc1Cl. The zero-order valence-electron chi connectivity index (χ0n) is 12.0. The molecule has 0 unspecified atom stereocenters. The van der Waals surface area contributed by atoms with Crippen molar-refractivity contribution < 1.29 is 13.7 Å². The highest BCUT2D eigenvalue weighted by atomic mass is 35.5. The van der Waals surface area contributed by atoms with E-state index in [1.54, 1.807) is 18.2 Å². The summed E-state index contributed by atoms with van der Waals surface area (Å²) in [6.45, 7) is 0.325. The van der Waals surface area contributed by atoms with Crippen molar-refractivity contribution in [2.45, 2.75) is 4.90 Å². The van der Waals surface area contributed by atoms with Gasteiger partial charge in [0.15, 0.2) is 0 Å². The van der Waals surface area contributed by atoms with Crippen molar-refractivity contribution in [3.05, 3.63) is 59.1 Å². The van der Waals surface area contributed by atoms with Gasteiger partial charge in [-0.3, -0.25) is 9.00 Å². The molecule has 0 bridgehead atoms. The van der Waals surface area contributed by atoms with Crippen molar-refractivity contribution in [3.8, 4) is 5.75 Å². The van der Waals surface area contributed by atoms with Crippen molar-refractivity contribution >= 4 is 28.3 Å². The Morgan fingerprint density at radius 3 is 2.64 bits per heavy atom. The van der Waals surface area contributed by atoms with Crippen LogP contribution in [0.15, 0.2) is 53.4 Å². The highest BCUT2D eigenvalue weighted by Crippen LogP contribution is 2.24. The average molecular weight is 338 g/mol. The minimum atomic E-state index is -1.13. The number of benzene rings is 2. The van der Waals surface area contributed by atoms with Crippen LogP contribution in [0.1, 0.15) is 10.4 Å². The maximum Gasteiger partial charge on any atom is 0.251 e. The van der Waals surface area contributed by atoms with Crippen LogP contribution >= 0.6 is 11.6 Å². The summed E-state index contributed by atoms with van der Waals surface area (Å²) in [5, 5.41) is 3.19. The number of rotatable bonds is 6. The molecule has 0 aromatic heterocycles. The van der Waals surface area contributed by atoms with Gasteiger partial charge in [-0.15, -0.1) is 0 Å². The number of amides is 1. The van der Waals surface area contributed by atoms with Crippen LogP contribution in [0, 0.1) is 0 Å². The molecule has 0 aliphatic rings. The maximum absolute atomic E-state index is 12.0. The third-order valence-electron chi connectivity index (χ3n) is 2.99. The van der Waals surface area contributed by atoms with Crippen molar-refractivity contribution in [1.29, 1.82) is 0 Å². The summed E-state index contributed by atoms with van der Waals surface area (Å²) >= 11 is 5.92. The standard InChI is InChI=1S/C16H16ClNO3S/c1-21-15-11-12(7-8-14(15)17)16(19)18-9-10-22(20)13-5-3-2-4-6-13/h2-8,11H,9-10H2,1H3,(H,18,19)/t22-/m0/s1. The molecule has 1 amide bonds. The van der Waals surface area contributed by atoms with Gasteiger partial charge in [-0.05, 0) is 30.3 Å². The van der Waals surface area contributed by atoms with Gasteiger partial charge < -0.3 is 10.1 Å². The molecular formula is C16H16ClNO3S. The zero-order chi connectivity index (χ0) is 15.9. The Kier molecular flexibility index (Phi) is 5.98. The monoisotopic (exact) mass is 337 g/mol. The summed E-state index contributed by atoms with van der Waals surface area (Å²) in [4.78, 5) is 12.8. The number of hydrogen-bond acceptors (Lipinski definition) is 3. The third-order valence-corrected chi connectivity index (χ3v) is 4.68. The molecule has 6 heteroatoms. The first-order valence-electron chi connectivity index (χ1n) is 6.67. The van der Waals surface area contributed by atoms with Crippen LogP contribution < -0.4 is 10.1 Å². The average Bonchev–Trinajstić information content (AvgIpc) is 2.55. The first-order valence-corrected chi connectivity index (χ1v) is 8.36. The quantitative estimate of drug-likeness (QED) is 0.881. The van der Waals surface area contributed by atoms with E-state index in [9.17, 15) is 9.00 Å². The van der Waals surface area contributed by atoms with Crippen LogP contribution in [0.5, 0.6) is 5.75 Å². The first kappa shape index (κ1) is 16.5. The number of carbonyl (C=O) groups excluding carboxylic acids is 1. The molecule has 22 heavy (non-hydrogen) atoms. The lowest BCUT2D eigenvalue weighted by molar-refractivity contribution is 0.0956. The lowest BCUT2D eigenvalue weighted by atomic mass is 10.2. The Bertz CT molecular complexity index is 676. The molecule has 0 saturated carbocycles. The molecule has 0 aliphatic carbocycles. The minimum Gasteiger partial charge on any atom is -0.495 e. The number of halogens is 1. The second kappa shape index (κ2) is 7.96. The summed E-state index contributed by atoms with van der Waals surface area (Å²) in [7, 11) is 0.366. The Hall–Kier alpha value is -1.85. The Morgan fingerprint density at radius 1 is 1.23 bits per heavy atom. The second-order valence-corrected chi connectivity index (χ2v) is 6.45. The van der Waals surface area contributed by atoms with Crippen LogP contribution in [0.2, 0.25) is 5.02 Å². The topological polar surface area (TPSA) is 55.4 Å². The predicted octanol–water partition coefficient (Wildman–Crippen LogP) is 2.89. The van der Waals surface area contributed by atoms with Gasteiger partial charge in [0.25, 0.3) is 5.91 Å². The fourth-order valence-corrected chi connectivity index (χ4v) is 3.03. The molecule has 0 spiro atoms. The Morgan fingerprint density at radius 2 is 1.95 bits per heavy atom. The van der Waals surface area contributed by atoms with Crippen LogP contribution in [0.25, 0.3) is 0 Å². The number of carbonyl (C=O) groups is 1. The van der Waals surface area contributed by atoms with E-state index in [0.717, 1.165) is 4.90 Å². The smallest absolute Gasteiger partial charge is 0.251 e. The van der Waals surface area contributed by atoms with E-state index in [1.165, 1.54) is 7.11 Å². The molecule has 0 radical (unpaired) electrons. The van der Waals surface area contributed by atoms with Crippen LogP contribution in [0.4, 0.5) is 0 Å². The molecule has 2 rings (SSSR count). The van der Waals surface area contributed by atoms with Crippen LogP contribution in [-0.4, -0.2) is 29.5 Å². The second-order valence-electron chi connectivity index (χ2n) is 4.47. The number of nitrogens with one attached hydrogen (secondary N) is 1. The van der Waals surface area contributed by atoms with Crippen LogP contribution in [0.3, 0.4) is 0 Å². The lowest BCUT2D eigenvalue weighted by Gasteiger charge is -2.08. The van der Waals surface area contributed by atoms with E-state index in [4.69, 9.17) is 16.3 Å². The molecular weight excluding hydrogens is 322 g/mol. The van der Waals surface area contributed by atoms with Gasteiger partial charge in [0.05, 0.1) is 22.9 Å². The van der Waals surface area contributed by atoms with Crippen LogP contribution in [-0.2, 0) is 10.8 Å². The molecule has 2 aromatic carbocycles. The van der Waals surface area contributed by atoms with Gasteiger partial charge in [0, 0.05) is 22.8 Å². The molecule has 0 heterocycles. The Labute approximate surface area is 136 Å². The molecule has 116 valence electrons. The molecule has 1 atom stereocenters. The van der Waals surface area contributed by atoms with E-state index in [1.807, 2.05) is 30.3 Å². The molecule has 2 aromatic rings. The zero-order valence-corrected chi connectivity index (χ0v) is 13.6.